The van der Waals surface area contributed by atoms with Gasteiger partial charge in [-0.1, -0.05) is 6.07 Å². The fourth-order valence-electron chi connectivity index (χ4n) is 1.97. The summed E-state index contributed by atoms with van der Waals surface area (Å²) in [7, 11) is 1.76. The Morgan fingerprint density at radius 1 is 1.24 bits per heavy atom. The first kappa shape index (κ1) is 15.3. The van der Waals surface area contributed by atoms with Crippen molar-refractivity contribution in [3.05, 3.63) is 65.5 Å². The minimum Gasteiger partial charge on any atom is -0.299 e. The van der Waals surface area contributed by atoms with E-state index < -0.39 is 17.4 Å². The molecule has 0 amide bonds. The van der Waals surface area contributed by atoms with Crippen LogP contribution < -0.4 is 0 Å². The van der Waals surface area contributed by atoms with Gasteiger partial charge in [-0.3, -0.25) is 14.7 Å². The van der Waals surface area contributed by atoms with Gasteiger partial charge in [0.25, 0.3) is 0 Å². The summed E-state index contributed by atoms with van der Waals surface area (Å²) < 4.78 is 26.6. The zero-order valence-corrected chi connectivity index (χ0v) is 11.7. The molecule has 0 N–H and O–H groups in total. The Morgan fingerprint density at radius 2 is 2.05 bits per heavy atom. The predicted molar refractivity (Wildman–Crippen MR) is 76.1 cm³/mol. The molecule has 0 spiro atoms. The predicted octanol–water partition coefficient (Wildman–Crippen LogP) is 2.72. The molecule has 21 heavy (non-hydrogen) atoms. The van der Waals surface area contributed by atoms with Crippen LogP contribution in [0.4, 0.5) is 8.78 Å². The minimum absolute atomic E-state index is 0.0349. The summed E-state index contributed by atoms with van der Waals surface area (Å²) in [6.45, 7) is 0.646. The number of pyridine rings is 1. The minimum atomic E-state index is -0.695. The number of benzene rings is 1. The number of aromatic nitrogens is 1. The Morgan fingerprint density at radius 3 is 2.76 bits per heavy atom. The highest BCUT2D eigenvalue weighted by Gasteiger charge is 2.14. The normalized spacial score (nSPS) is 10.9. The van der Waals surface area contributed by atoms with Crippen molar-refractivity contribution in [2.24, 2.45) is 0 Å². The summed E-state index contributed by atoms with van der Waals surface area (Å²) >= 11 is 0. The molecule has 1 aromatic heterocycles. The van der Waals surface area contributed by atoms with E-state index in [4.69, 9.17) is 0 Å². The van der Waals surface area contributed by atoms with E-state index in [0.717, 1.165) is 23.9 Å². The van der Waals surface area contributed by atoms with Gasteiger partial charge < -0.3 is 0 Å². The van der Waals surface area contributed by atoms with Crippen molar-refractivity contribution in [3.8, 4) is 0 Å². The molecule has 0 saturated heterocycles. The molecule has 3 nitrogen and oxygen atoms in total. The summed E-state index contributed by atoms with van der Waals surface area (Å²) in [5, 5.41) is 0. The number of likely N-dealkylation sites (N-methyl/N-ethyl adjacent to an activating group) is 1. The van der Waals surface area contributed by atoms with E-state index in [1.807, 2.05) is 18.2 Å². The molecule has 0 unspecified atom stereocenters. The summed E-state index contributed by atoms with van der Waals surface area (Å²) in [5.74, 6) is -1.74. The van der Waals surface area contributed by atoms with Crippen molar-refractivity contribution >= 4 is 5.78 Å². The van der Waals surface area contributed by atoms with E-state index in [9.17, 15) is 13.6 Å². The van der Waals surface area contributed by atoms with Crippen molar-refractivity contribution in [1.29, 1.82) is 0 Å². The number of halogens is 2. The molecular formula is C16H16F2N2O. The molecule has 0 saturated carbocycles. The van der Waals surface area contributed by atoms with Crippen LogP contribution in [0.5, 0.6) is 0 Å². The third kappa shape index (κ3) is 4.43. The molecule has 2 aromatic rings. The van der Waals surface area contributed by atoms with Crippen LogP contribution in [-0.4, -0.2) is 35.8 Å². The summed E-state index contributed by atoms with van der Waals surface area (Å²) in [6, 6.07) is 8.54. The molecule has 0 atom stereocenters. The van der Waals surface area contributed by atoms with Gasteiger partial charge in [0.1, 0.15) is 11.6 Å². The second kappa shape index (κ2) is 7.04. The monoisotopic (exact) mass is 290 g/mol. The van der Waals surface area contributed by atoms with Crippen molar-refractivity contribution in [1.82, 2.24) is 9.88 Å². The molecule has 1 heterocycles. The summed E-state index contributed by atoms with van der Waals surface area (Å²) in [4.78, 5) is 17.9. The Kier molecular flexibility index (Phi) is 5.11. The maximum atomic E-state index is 13.5. The van der Waals surface area contributed by atoms with Gasteiger partial charge in [-0.05, 0) is 37.4 Å². The number of ketones is 1. The van der Waals surface area contributed by atoms with Gasteiger partial charge >= 0.3 is 0 Å². The van der Waals surface area contributed by atoms with Crippen LogP contribution in [0.3, 0.4) is 0 Å². The Balaban J connectivity index is 1.91. The number of hydrogen-bond donors (Lipinski definition) is 0. The molecule has 0 aliphatic rings. The SMILES string of the molecule is CN(CCc1ccccn1)CC(=O)c1cc(F)ccc1F. The summed E-state index contributed by atoms with van der Waals surface area (Å²) in [5.41, 5.74) is 0.716. The van der Waals surface area contributed by atoms with E-state index in [1.54, 1.807) is 18.1 Å². The van der Waals surface area contributed by atoms with Crippen LogP contribution in [0.15, 0.2) is 42.6 Å². The van der Waals surface area contributed by atoms with Crippen LogP contribution in [0, 0.1) is 11.6 Å². The maximum absolute atomic E-state index is 13.5. The van der Waals surface area contributed by atoms with E-state index in [1.165, 1.54) is 0 Å². The first-order valence-corrected chi connectivity index (χ1v) is 6.63. The third-order valence-electron chi connectivity index (χ3n) is 3.12. The molecule has 0 aliphatic heterocycles. The lowest BCUT2D eigenvalue weighted by Gasteiger charge is -2.15. The van der Waals surface area contributed by atoms with Crippen molar-refractivity contribution in [2.75, 3.05) is 20.1 Å². The lowest BCUT2D eigenvalue weighted by Crippen LogP contribution is -2.28. The second-order valence-electron chi connectivity index (χ2n) is 4.86. The number of carbonyl (C=O) groups is 1. The molecule has 2 rings (SSSR count). The van der Waals surface area contributed by atoms with Crippen LogP contribution in [-0.2, 0) is 6.42 Å². The van der Waals surface area contributed by atoms with E-state index in [2.05, 4.69) is 4.98 Å². The van der Waals surface area contributed by atoms with Gasteiger partial charge in [-0.25, -0.2) is 8.78 Å². The molecule has 5 heteroatoms. The fourth-order valence-corrected chi connectivity index (χ4v) is 1.97. The van der Waals surface area contributed by atoms with E-state index in [0.29, 0.717) is 13.0 Å². The number of rotatable bonds is 6. The molecule has 0 fully saturated rings. The molecular weight excluding hydrogens is 274 g/mol. The molecule has 0 bridgehead atoms. The first-order chi connectivity index (χ1) is 10.1. The second-order valence-corrected chi connectivity index (χ2v) is 4.86. The average Bonchev–Trinajstić information content (AvgIpc) is 2.48. The third-order valence-corrected chi connectivity index (χ3v) is 3.12. The van der Waals surface area contributed by atoms with Gasteiger partial charge in [0.2, 0.25) is 0 Å². The standard InChI is InChI=1S/C16H16F2N2O/c1-20(9-7-13-4-2-3-8-19-13)11-16(21)14-10-12(17)5-6-15(14)18/h2-6,8,10H,7,9,11H2,1H3. The van der Waals surface area contributed by atoms with Gasteiger partial charge in [-0.2, -0.15) is 0 Å². The van der Waals surface area contributed by atoms with Crippen molar-refractivity contribution < 1.29 is 13.6 Å². The van der Waals surface area contributed by atoms with Crippen LogP contribution in [0.25, 0.3) is 0 Å². The number of carbonyl (C=O) groups excluding carboxylic acids is 1. The highest BCUT2D eigenvalue weighted by molar-refractivity contribution is 5.97. The first-order valence-electron chi connectivity index (χ1n) is 6.63. The van der Waals surface area contributed by atoms with Crippen LogP contribution in [0.1, 0.15) is 16.1 Å². The Bertz CT molecular complexity index is 617. The maximum Gasteiger partial charge on any atom is 0.179 e. The lowest BCUT2D eigenvalue weighted by atomic mass is 10.1. The smallest absolute Gasteiger partial charge is 0.179 e. The molecule has 0 aliphatic carbocycles. The number of hydrogen-bond acceptors (Lipinski definition) is 3. The van der Waals surface area contributed by atoms with Gasteiger partial charge in [0.15, 0.2) is 5.78 Å². The topological polar surface area (TPSA) is 33.2 Å². The van der Waals surface area contributed by atoms with Crippen LogP contribution in [0.2, 0.25) is 0 Å². The van der Waals surface area contributed by atoms with Gasteiger partial charge in [0.05, 0.1) is 12.1 Å². The molecule has 0 radical (unpaired) electrons. The van der Waals surface area contributed by atoms with Crippen LogP contribution >= 0.6 is 0 Å². The highest BCUT2D eigenvalue weighted by Crippen LogP contribution is 2.11. The Labute approximate surface area is 122 Å². The van der Waals surface area contributed by atoms with Gasteiger partial charge in [-0.15, -0.1) is 0 Å². The lowest BCUT2D eigenvalue weighted by molar-refractivity contribution is 0.0942. The fraction of sp³-hybridized carbons (Fsp3) is 0.250. The summed E-state index contributed by atoms with van der Waals surface area (Å²) in [6.07, 6.45) is 2.40. The highest BCUT2D eigenvalue weighted by atomic mass is 19.1. The average molecular weight is 290 g/mol. The van der Waals surface area contributed by atoms with Gasteiger partial charge in [0, 0.05) is 24.9 Å². The number of nitrogens with zero attached hydrogens (tertiary/aromatic N) is 2. The largest absolute Gasteiger partial charge is 0.299 e. The van der Waals surface area contributed by atoms with Crippen molar-refractivity contribution in [3.63, 3.8) is 0 Å². The zero-order valence-electron chi connectivity index (χ0n) is 11.7. The quantitative estimate of drug-likeness (QED) is 0.767. The zero-order chi connectivity index (χ0) is 15.2. The van der Waals surface area contributed by atoms with E-state index >= 15 is 0 Å². The Hall–Kier alpha value is -2.14. The number of Topliss-reactive ketones (excluding diaryl/α,β-unsaturated/α-hetero) is 1. The van der Waals surface area contributed by atoms with Crippen molar-refractivity contribution in [2.45, 2.75) is 6.42 Å². The molecule has 1 aromatic carbocycles. The molecule has 110 valence electrons. The van der Waals surface area contributed by atoms with E-state index in [-0.39, 0.29) is 12.1 Å².